The minimum absolute atomic E-state index is 0.0210. The summed E-state index contributed by atoms with van der Waals surface area (Å²) in [5, 5.41) is 43.5. The van der Waals surface area contributed by atoms with Crippen LogP contribution in [-0.2, 0) is 16.0 Å². The lowest BCUT2D eigenvalue weighted by atomic mass is 9.58. The molecule has 1 aromatic carbocycles. The first-order chi connectivity index (χ1) is 14.4. The number of carbonyl (C=O) groups excluding carboxylic acids is 3. The number of benzene rings is 1. The number of rotatable bonds is 2. The Kier molecular flexibility index (Phi) is 4.94. The van der Waals surface area contributed by atoms with Gasteiger partial charge < -0.3 is 26.2 Å². The van der Waals surface area contributed by atoms with Crippen molar-refractivity contribution in [2.75, 3.05) is 14.1 Å². The van der Waals surface area contributed by atoms with Gasteiger partial charge in [0.05, 0.1) is 11.6 Å². The van der Waals surface area contributed by atoms with Gasteiger partial charge in [0.2, 0.25) is 5.78 Å². The molecular formula is C21H21IN2O7. The molecule has 3 aliphatic rings. The Labute approximate surface area is 191 Å². The van der Waals surface area contributed by atoms with Crippen molar-refractivity contribution in [2.24, 2.45) is 17.6 Å². The summed E-state index contributed by atoms with van der Waals surface area (Å²) in [4.78, 5) is 39.8. The number of hydrogen-bond donors (Lipinski definition) is 5. The smallest absolute Gasteiger partial charge is 0.255 e. The van der Waals surface area contributed by atoms with Gasteiger partial charge in [-0.1, -0.05) is 0 Å². The van der Waals surface area contributed by atoms with Crippen molar-refractivity contribution in [1.82, 2.24) is 4.90 Å². The van der Waals surface area contributed by atoms with E-state index < -0.39 is 58.0 Å². The third-order valence-electron chi connectivity index (χ3n) is 6.55. The molecule has 0 spiro atoms. The van der Waals surface area contributed by atoms with E-state index in [1.54, 1.807) is 20.2 Å². The number of ketones is 2. The first-order valence-corrected chi connectivity index (χ1v) is 10.7. The summed E-state index contributed by atoms with van der Waals surface area (Å²) in [6, 6.07) is 2.06. The van der Waals surface area contributed by atoms with E-state index in [0.29, 0.717) is 12.0 Å². The Morgan fingerprint density at radius 2 is 1.87 bits per heavy atom. The summed E-state index contributed by atoms with van der Waals surface area (Å²) < 4.78 is 0.765. The van der Waals surface area contributed by atoms with Gasteiger partial charge in [0.15, 0.2) is 11.4 Å². The number of fused-ring (bicyclic) bond motifs is 3. The number of phenols is 1. The van der Waals surface area contributed by atoms with Crippen LogP contribution in [0.25, 0.3) is 0 Å². The van der Waals surface area contributed by atoms with Gasteiger partial charge in [0, 0.05) is 15.1 Å². The maximum atomic E-state index is 13.3. The van der Waals surface area contributed by atoms with Crippen molar-refractivity contribution < 1.29 is 34.8 Å². The Morgan fingerprint density at radius 1 is 1.23 bits per heavy atom. The molecule has 4 atom stereocenters. The maximum absolute atomic E-state index is 13.3. The Morgan fingerprint density at radius 3 is 2.45 bits per heavy atom. The molecule has 1 amide bonds. The van der Waals surface area contributed by atoms with Crippen LogP contribution in [0.15, 0.2) is 34.8 Å². The van der Waals surface area contributed by atoms with Crippen LogP contribution in [0.2, 0.25) is 0 Å². The topological polar surface area (TPSA) is 161 Å². The lowest BCUT2D eigenvalue weighted by molar-refractivity contribution is -0.148. The predicted molar refractivity (Wildman–Crippen MR) is 116 cm³/mol. The van der Waals surface area contributed by atoms with Crippen LogP contribution in [-0.4, -0.2) is 68.5 Å². The Balaban J connectivity index is 1.98. The van der Waals surface area contributed by atoms with Crippen molar-refractivity contribution in [2.45, 2.75) is 24.5 Å². The molecule has 10 heteroatoms. The fraction of sp³-hybridized carbons (Fsp3) is 0.381. The average Bonchev–Trinajstić information content (AvgIpc) is 2.67. The standard InChI is InChI=1S/C21H21IN2O7/c1-24(2)15-9-6-7-5-8-10(22)3-4-11(25)13(8)16(26)12(7)18(28)21(9,31)19(29)14(17(15)27)20(23)30/h3-4,7,9,15,25,27-28,31H,5-6H2,1-2H3,(H2,23,30)/t7-,9?,15-,21-/m0/s1. The number of nitrogens with two attached hydrogens (primary N) is 1. The number of amides is 1. The largest absolute Gasteiger partial charge is 0.510 e. The normalized spacial score (nSPS) is 30.3. The molecule has 3 aliphatic carbocycles. The van der Waals surface area contributed by atoms with E-state index in [-0.39, 0.29) is 23.3 Å². The highest BCUT2D eigenvalue weighted by atomic mass is 127. The maximum Gasteiger partial charge on any atom is 0.255 e. The number of carbonyl (C=O) groups is 3. The second kappa shape index (κ2) is 7.04. The fourth-order valence-electron chi connectivity index (χ4n) is 5.21. The highest BCUT2D eigenvalue weighted by molar-refractivity contribution is 14.1. The lowest BCUT2D eigenvalue weighted by Crippen LogP contribution is -2.63. The Bertz CT molecular complexity index is 1120. The van der Waals surface area contributed by atoms with Gasteiger partial charge >= 0.3 is 0 Å². The van der Waals surface area contributed by atoms with E-state index in [4.69, 9.17) is 5.73 Å². The van der Waals surface area contributed by atoms with Crippen molar-refractivity contribution in [3.05, 3.63) is 49.5 Å². The van der Waals surface area contributed by atoms with Gasteiger partial charge in [-0.25, -0.2) is 0 Å². The van der Waals surface area contributed by atoms with Gasteiger partial charge in [0.1, 0.15) is 22.8 Å². The Hall–Kier alpha value is -2.44. The third-order valence-corrected chi connectivity index (χ3v) is 7.56. The molecule has 0 saturated carbocycles. The quantitative estimate of drug-likeness (QED) is 0.271. The number of halogens is 1. The SMILES string of the molecule is CN(C)[C@@H]1C(O)=C(C(N)=O)C(=O)[C@@]2(O)C(O)=C3C(=O)c4c(O)ccc(I)c4C[C@H]3CC12. The van der Waals surface area contributed by atoms with Crippen LogP contribution in [0.3, 0.4) is 0 Å². The molecule has 31 heavy (non-hydrogen) atoms. The van der Waals surface area contributed by atoms with Gasteiger partial charge in [-0.15, -0.1) is 0 Å². The van der Waals surface area contributed by atoms with Crippen molar-refractivity contribution in [3.63, 3.8) is 0 Å². The van der Waals surface area contributed by atoms with Gasteiger partial charge in [0.25, 0.3) is 5.91 Å². The van der Waals surface area contributed by atoms with E-state index in [9.17, 15) is 34.8 Å². The number of likely N-dealkylation sites (N-methyl/N-ethyl adjacent to an activating group) is 1. The summed E-state index contributed by atoms with van der Waals surface area (Å²) in [7, 11) is 3.18. The zero-order valence-corrected chi connectivity index (χ0v) is 18.9. The molecule has 6 N–H and O–H groups in total. The number of allylic oxidation sites excluding steroid dienone is 1. The number of aliphatic hydroxyl groups excluding tert-OH is 2. The molecule has 0 saturated heterocycles. The number of hydrogen-bond acceptors (Lipinski definition) is 8. The van der Waals surface area contributed by atoms with Crippen LogP contribution >= 0.6 is 22.6 Å². The number of aliphatic hydroxyl groups is 3. The van der Waals surface area contributed by atoms with Crippen LogP contribution in [0.1, 0.15) is 22.3 Å². The number of phenolic OH excluding ortho intramolecular Hbond substituents is 1. The second-order valence-electron chi connectivity index (χ2n) is 8.38. The van der Waals surface area contributed by atoms with Crippen molar-refractivity contribution >= 4 is 40.1 Å². The number of nitrogens with zero attached hydrogens (tertiary/aromatic N) is 1. The second-order valence-corrected chi connectivity index (χ2v) is 9.55. The third kappa shape index (κ3) is 2.77. The fourth-order valence-corrected chi connectivity index (χ4v) is 5.88. The number of aromatic hydroxyl groups is 1. The molecule has 1 unspecified atom stereocenters. The van der Waals surface area contributed by atoms with E-state index in [0.717, 1.165) is 3.57 Å². The van der Waals surface area contributed by atoms with Gasteiger partial charge in [-0.3, -0.25) is 19.3 Å². The van der Waals surface area contributed by atoms with E-state index in [1.165, 1.54) is 11.0 Å². The van der Waals surface area contributed by atoms with E-state index >= 15 is 0 Å². The minimum atomic E-state index is -2.61. The first kappa shape index (κ1) is 21.8. The molecule has 9 nitrogen and oxygen atoms in total. The molecule has 0 radical (unpaired) electrons. The summed E-state index contributed by atoms with van der Waals surface area (Å²) in [5.41, 5.74) is 2.36. The monoisotopic (exact) mass is 540 g/mol. The zero-order valence-electron chi connectivity index (χ0n) is 16.7. The van der Waals surface area contributed by atoms with Crippen molar-refractivity contribution in [1.29, 1.82) is 0 Å². The molecule has 0 aromatic heterocycles. The van der Waals surface area contributed by atoms with Crippen LogP contribution in [0.4, 0.5) is 0 Å². The molecular weight excluding hydrogens is 519 g/mol. The summed E-state index contributed by atoms with van der Waals surface area (Å²) >= 11 is 2.06. The minimum Gasteiger partial charge on any atom is -0.510 e. The average molecular weight is 540 g/mol. The number of primary amides is 1. The summed E-state index contributed by atoms with van der Waals surface area (Å²) in [6.07, 6.45) is 0.374. The predicted octanol–water partition coefficient (Wildman–Crippen LogP) is 0.725. The number of Topliss-reactive ketones (excluding diaryl/α,β-unsaturated/α-hetero) is 2. The summed E-state index contributed by atoms with van der Waals surface area (Å²) in [5.74, 6) is -6.43. The molecule has 0 fully saturated rings. The van der Waals surface area contributed by atoms with Crippen LogP contribution < -0.4 is 5.73 Å². The molecule has 0 heterocycles. The van der Waals surface area contributed by atoms with E-state index in [1.807, 2.05) is 0 Å². The molecule has 1 aromatic rings. The zero-order chi connectivity index (χ0) is 23.0. The highest BCUT2D eigenvalue weighted by Crippen LogP contribution is 2.52. The lowest BCUT2D eigenvalue weighted by Gasteiger charge is -2.50. The highest BCUT2D eigenvalue weighted by Gasteiger charge is 2.63. The molecule has 4 rings (SSSR count). The van der Waals surface area contributed by atoms with Gasteiger partial charge in [-0.05, 0) is 73.1 Å². The van der Waals surface area contributed by atoms with Crippen molar-refractivity contribution in [3.8, 4) is 5.75 Å². The van der Waals surface area contributed by atoms with Gasteiger partial charge in [-0.2, -0.15) is 0 Å². The van der Waals surface area contributed by atoms with E-state index in [2.05, 4.69) is 22.6 Å². The van der Waals surface area contributed by atoms with Crippen LogP contribution in [0, 0.1) is 15.4 Å². The van der Waals surface area contributed by atoms with Crippen LogP contribution in [0.5, 0.6) is 5.75 Å². The first-order valence-electron chi connectivity index (χ1n) is 9.58. The molecule has 0 bridgehead atoms. The molecule has 164 valence electrons. The molecule has 0 aliphatic heterocycles. The summed E-state index contributed by atoms with van der Waals surface area (Å²) in [6.45, 7) is 0.